The Bertz CT molecular complexity index is 984. The van der Waals surface area contributed by atoms with E-state index < -0.39 is 11.6 Å². The topological polar surface area (TPSA) is 62.8 Å². The fourth-order valence-corrected chi connectivity index (χ4v) is 4.75. The molecule has 0 aromatic heterocycles. The molecule has 30 heavy (non-hydrogen) atoms. The molecule has 0 spiro atoms. The average Bonchev–Trinajstić information content (AvgIpc) is 2.70. The zero-order valence-corrected chi connectivity index (χ0v) is 18.6. The number of nitrogens with zero attached hydrogens (tertiary/aromatic N) is 1. The van der Waals surface area contributed by atoms with Crippen molar-refractivity contribution in [2.75, 3.05) is 25.6 Å². The number of hydrogen-bond donors (Lipinski definition) is 2. The summed E-state index contributed by atoms with van der Waals surface area (Å²) in [7, 11) is 1.64. The maximum absolute atomic E-state index is 13.5. The van der Waals surface area contributed by atoms with Crippen molar-refractivity contribution in [2.24, 2.45) is 5.92 Å². The molecule has 2 aliphatic heterocycles. The second kappa shape index (κ2) is 8.06. The number of amides is 1. The van der Waals surface area contributed by atoms with Crippen molar-refractivity contribution < 1.29 is 14.3 Å². The van der Waals surface area contributed by atoms with Gasteiger partial charge in [-0.25, -0.2) is 0 Å². The van der Waals surface area contributed by atoms with Crippen LogP contribution in [0.2, 0.25) is 5.02 Å². The fourth-order valence-electron chi connectivity index (χ4n) is 4.23. The van der Waals surface area contributed by atoms with Crippen molar-refractivity contribution in [1.82, 2.24) is 10.2 Å². The number of fused-ring (bicyclic) bond motifs is 4. The second-order valence-corrected chi connectivity index (χ2v) is 8.57. The maximum Gasteiger partial charge on any atom is 0.236 e. The summed E-state index contributed by atoms with van der Waals surface area (Å²) < 4.78 is 11.7. The third-order valence-corrected chi connectivity index (χ3v) is 6.29. The van der Waals surface area contributed by atoms with Crippen LogP contribution in [0.1, 0.15) is 24.1 Å². The SMILES string of the molecule is COCCN1C(=S)NC2c3cc(C)ccc3OC1(C)C2C(=O)Nc1ccc(Cl)cc1. The Labute approximate surface area is 186 Å². The quantitative estimate of drug-likeness (QED) is 0.681. The lowest BCUT2D eigenvalue weighted by molar-refractivity contribution is -0.150. The summed E-state index contributed by atoms with van der Waals surface area (Å²) in [4.78, 5) is 15.4. The van der Waals surface area contributed by atoms with Crippen LogP contribution in [0, 0.1) is 12.8 Å². The van der Waals surface area contributed by atoms with Crippen LogP contribution in [-0.4, -0.2) is 41.9 Å². The van der Waals surface area contributed by atoms with E-state index in [9.17, 15) is 4.79 Å². The van der Waals surface area contributed by atoms with Crippen molar-refractivity contribution >= 4 is 40.5 Å². The van der Waals surface area contributed by atoms with Gasteiger partial charge in [0.15, 0.2) is 10.8 Å². The first-order chi connectivity index (χ1) is 14.3. The number of halogens is 1. The molecule has 1 fully saturated rings. The number of carbonyl (C=O) groups is 1. The van der Waals surface area contributed by atoms with Crippen molar-refractivity contribution in [2.45, 2.75) is 25.6 Å². The normalized spacial score (nSPS) is 24.5. The molecular weight excluding hydrogens is 422 g/mol. The zero-order chi connectivity index (χ0) is 21.5. The van der Waals surface area contributed by atoms with Crippen LogP contribution in [-0.2, 0) is 9.53 Å². The standard InChI is InChI=1S/C22H24ClN3O3S/c1-13-4-9-17-16(12-13)19-18(20(27)24-15-7-5-14(23)6-8-15)22(2,29-17)26(10-11-28-3)21(30)25-19/h4-9,12,18-19H,10-11H2,1-3H3,(H,24,27)(H,25,30). The van der Waals surface area contributed by atoms with Crippen LogP contribution in [0.3, 0.4) is 0 Å². The van der Waals surface area contributed by atoms with Crippen molar-refractivity contribution in [3.63, 3.8) is 0 Å². The summed E-state index contributed by atoms with van der Waals surface area (Å²) in [6.07, 6.45) is 0. The van der Waals surface area contributed by atoms with Gasteiger partial charge in [0.05, 0.1) is 12.6 Å². The lowest BCUT2D eigenvalue weighted by atomic mass is 9.78. The van der Waals surface area contributed by atoms with E-state index in [1.807, 2.05) is 36.9 Å². The largest absolute Gasteiger partial charge is 0.467 e. The molecule has 0 aliphatic carbocycles. The summed E-state index contributed by atoms with van der Waals surface area (Å²) in [6.45, 7) is 4.88. The molecular formula is C22H24ClN3O3S. The number of carbonyl (C=O) groups excluding carboxylic acids is 1. The fraction of sp³-hybridized carbons (Fsp3) is 0.364. The minimum Gasteiger partial charge on any atom is -0.467 e. The number of thiocarbonyl (C=S) groups is 1. The number of nitrogens with one attached hydrogen (secondary N) is 2. The lowest BCUT2D eigenvalue weighted by Crippen LogP contribution is -2.72. The molecule has 6 nitrogen and oxygen atoms in total. The van der Waals surface area contributed by atoms with E-state index in [0.717, 1.165) is 16.9 Å². The Hall–Kier alpha value is -2.35. The third kappa shape index (κ3) is 3.62. The Morgan fingerprint density at radius 1 is 1.33 bits per heavy atom. The van der Waals surface area contributed by atoms with Gasteiger partial charge in [0.1, 0.15) is 11.7 Å². The first-order valence-electron chi connectivity index (χ1n) is 9.76. The molecule has 2 aliphatic rings. The van der Waals surface area contributed by atoms with Crippen molar-refractivity contribution in [1.29, 1.82) is 0 Å². The van der Waals surface area contributed by atoms with Gasteiger partial charge in [0.25, 0.3) is 0 Å². The van der Waals surface area contributed by atoms with E-state index in [4.69, 9.17) is 33.3 Å². The van der Waals surface area contributed by atoms with Gasteiger partial charge < -0.3 is 25.0 Å². The molecule has 8 heteroatoms. The van der Waals surface area contributed by atoms with Gasteiger partial charge in [0.2, 0.25) is 5.91 Å². The monoisotopic (exact) mass is 445 g/mol. The molecule has 2 N–H and O–H groups in total. The number of benzene rings is 2. The number of aryl methyl sites for hydroxylation is 1. The van der Waals surface area contributed by atoms with E-state index in [-0.39, 0.29) is 11.9 Å². The summed E-state index contributed by atoms with van der Waals surface area (Å²) >= 11 is 11.6. The minimum absolute atomic E-state index is 0.158. The summed E-state index contributed by atoms with van der Waals surface area (Å²) in [5.41, 5.74) is 1.72. The van der Waals surface area contributed by atoms with Crippen LogP contribution < -0.4 is 15.4 Å². The third-order valence-electron chi connectivity index (χ3n) is 5.70. The van der Waals surface area contributed by atoms with E-state index in [0.29, 0.717) is 29.0 Å². The van der Waals surface area contributed by atoms with Gasteiger partial charge in [0, 0.05) is 29.9 Å². The van der Waals surface area contributed by atoms with Crippen LogP contribution in [0.15, 0.2) is 42.5 Å². The van der Waals surface area contributed by atoms with Crippen LogP contribution >= 0.6 is 23.8 Å². The predicted molar refractivity (Wildman–Crippen MR) is 121 cm³/mol. The number of anilines is 1. The minimum atomic E-state index is -0.968. The lowest BCUT2D eigenvalue weighted by Gasteiger charge is -2.56. The highest BCUT2D eigenvalue weighted by molar-refractivity contribution is 7.80. The van der Waals surface area contributed by atoms with Crippen LogP contribution in [0.25, 0.3) is 0 Å². The molecule has 158 valence electrons. The number of methoxy groups -OCH3 is 1. The van der Waals surface area contributed by atoms with Crippen LogP contribution in [0.4, 0.5) is 5.69 Å². The highest BCUT2D eigenvalue weighted by Gasteiger charge is 2.58. The van der Waals surface area contributed by atoms with E-state index in [1.54, 1.807) is 31.4 Å². The Morgan fingerprint density at radius 3 is 2.77 bits per heavy atom. The van der Waals surface area contributed by atoms with Gasteiger partial charge in [-0.3, -0.25) is 4.79 Å². The first-order valence-corrected chi connectivity index (χ1v) is 10.5. The maximum atomic E-state index is 13.5. The molecule has 2 aromatic carbocycles. The molecule has 2 aromatic rings. The molecule has 2 bridgehead atoms. The first kappa shape index (κ1) is 20.9. The smallest absolute Gasteiger partial charge is 0.236 e. The van der Waals surface area contributed by atoms with Gasteiger partial charge in [-0.1, -0.05) is 29.3 Å². The highest BCUT2D eigenvalue weighted by atomic mass is 35.5. The molecule has 0 radical (unpaired) electrons. The summed E-state index contributed by atoms with van der Waals surface area (Å²) in [6, 6.07) is 12.7. The molecule has 3 atom stereocenters. The number of rotatable bonds is 5. The molecule has 0 saturated carbocycles. The molecule has 2 heterocycles. The summed E-state index contributed by atoms with van der Waals surface area (Å²) in [5.74, 6) is 0.0430. The van der Waals surface area contributed by atoms with Crippen LogP contribution in [0.5, 0.6) is 5.75 Å². The number of hydrogen-bond acceptors (Lipinski definition) is 4. The van der Waals surface area contributed by atoms with Gasteiger partial charge >= 0.3 is 0 Å². The molecule has 4 rings (SSSR count). The zero-order valence-electron chi connectivity index (χ0n) is 17.1. The van der Waals surface area contributed by atoms with E-state index >= 15 is 0 Å². The van der Waals surface area contributed by atoms with E-state index in [2.05, 4.69) is 10.6 Å². The average molecular weight is 446 g/mol. The number of ether oxygens (including phenoxy) is 2. The molecule has 1 saturated heterocycles. The van der Waals surface area contributed by atoms with Gasteiger partial charge in [-0.05, 0) is 56.4 Å². The predicted octanol–water partition coefficient (Wildman–Crippen LogP) is 3.89. The highest BCUT2D eigenvalue weighted by Crippen LogP contribution is 2.48. The molecule has 1 amide bonds. The van der Waals surface area contributed by atoms with E-state index in [1.165, 1.54) is 0 Å². The Morgan fingerprint density at radius 2 is 2.07 bits per heavy atom. The molecule has 3 unspecified atom stereocenters. The van der Waals surface area contributed by atoms with Crippen molar-refractivity contribution in [3.05, 3.63) is 58.6 Å². The second-order valence-electron chi connectivity index (χ2n) is 7.74. The van der Waals surface area contributed by atoms with Crippen molar-refractivity contribution in [3.8, 4) is 5.75 Å². The van der Waals surface area contributed by atoms with Gasteiger partial charge in [-0.15, -0.1) is 0 Å². The Kier molecular flexibility index (Phi) is 5.61. The Balaban J connectivity index is 1.75. The van der Waals surface area contributed by atoms with Gasteiger partial charge in [-0.2, -0.15) is 0 Å². The summed E-state index contributed by atoms with van der Waals surface area (Å²) in [5, 5.41) is 7.55.